The van der Waals surface area contributed by atoms with Crippen molar-refractivity contribution < 1.29 is 9.90 Å². The summed E-state index contributed by atoms with van der Waals surface area (Å²) in [5, 5.41) is 9.11. The Hall–Kier alpha value is -0.410. The SMILES string of the molecule is CC(=O)C(C)(C)N(C)CC(C)O. The van der Waals surface area contributed by atoms with E-state index in [9.17, 15) is 4.79 Å². The van der Waals surface area contributed by atoms with Crippen LogP contribution in [0.1, 0.15) is 27.7 Å². The van der Waals surface area contributed by atoms with Gasteiger partial charge in [0.2, 0.25) is 0 Å². The molecule has 0 aliphatic heterocycles. The smallest absolute Gasteiger partial charge is 0.149 e. The monoisotopic (exact) mass is 173 g/mol. The van der Waals surface area contributed by atoms with Gasteiger partial charge in [-0.25, -0.2) is 0 Å². The van der Waals surface area contributed by atoms with Gasteiger partial charge < -0.3 is 5.11 Å². The lowest BCUT2D eigenvalue weighted by Crippen LogP contribution is -2.49. The summed E-state index contributed by atoms with van der Waals surface area (Å²) in [7, 11) is 1.84. The Labute approximate surface area is 74.4 Å². The number of Topliss-reactive ketones (excluding diaryl/α,β-unsaturated/α-hetero) is 1. The van der Waals surface area contributed by atoms with Crippen molar-refractivity contribution in [2.45, 2.75) is 39.3 Å². The normalized spacial score (nSPS) is 14.9. The molecule has 1 atom stereocenters. The quantitative estimate of drug-likeness (QED) is 0.679. The molecule has 72 valence electrons. The highest BCUT2D eigenvalue weighted by Crippen LogP contribution is 2.13. The molecule has 0 aromatic carbocycles. The van der Waals surface area contributed by atoms with Crippen molar-refractivity contribution in [3.63, 3.8) is 0 Å². The minimum Gasteiger partial charge on any atom is -0.392 e. The van der Waals surface area contributed by atoms with Crippen molar-refractivity contribution in [2.24, 2.45) is 0 Å². The summed E-state index contributed by atoms with van der Waals surface area (Å²) in [6.45, 7) is 7.52. The molecule has 0 rings (SSSR count). The van der Waals surface area contributed by atoms with Gasteiger partial charge in [-0.15, -0.1) is 0 Å². The number of carbonyl (C=O) groups is 1. The van der Waals surface area contributed by atoms with Crippen LogP contribution in [0.2, 0.25) is 0 Å². The number of aliphatic hydroxyl groups excluding tert-OH is 1. The van der Waals surface area contributed by atoms with Crippen molar-refractivity contribution in [1.82, 2.24) is 4.90 Å². The van der Waals surface area contributed by atoms with Crippen LogP contribution in [0.25, 0.3) is 0 Å². The molecular weight excluding hydrogens is 154 g/mol. The van der Waals surface area contributed by atoms with Gasteiger partial charge in [0.05, 0.1) is 11.6 Å². The Kier molecular flexibility index (Phi) is 3.87. The van der Waals surface area contributed by atoms with E-state index in [1.807, 2.05) is 25.8 Å². The van der Waals surface area contributed by atoms with Crippen molar-refractivity contribution >= 4 is 5.78 Å². The summed E-state index contributed by atoms with van der Waals surface area (Å²) < 4.78 is 0. The third-order valence-corrected chi connectivity index (χ3v) is 2.35. The molecule has 0 aliphatic carbocycles. The first kappa shape index (κ1) is 11.6. The fourth-order valence-corrected chi connectivity index (χ4v) is 0.893. The molecule has 0 bridgehead atoms. The van der Waals surface area contributed by atoms with Gasteiger partial charge >= 0.3 is 0 Å². The minimum absolute atomic E-state index is 0.116. The van der Waals surface area contributed by atoms with E-state index in [4.69, 9.17) is 5.11 Å². The number of hydrogen-bond acceptors (Lipinski definition) is 3. The average molecular weight is 173 g/mol. The lowest BCUT2D eigenvalue weighted by atomic mass is 9.98. The zero-order valence-corrected chi connectivity index (χ0v) is 8.59. The molecule has 0 radical (unpaired) electrons. The van der Waals surface area contributed by atoms with Gasteiger partial charge in [-0.3, -0.25) is 9.69 Å². The first-order chi connectivity index (χ1) is 5.28. The van der Waals surface area contributed by atoms with Crippen LogP contribution in [-0.4, -0.2) is 41.0 Å². The molecule has 3 nitrogen and oxygen atoms in total. The van der Waals surface area contributed by atoms with Gasteiger partial charge in [0, 0.05) is 6.54 Å². The molecule has 3 heteroatoms. The van der Waals surface area contributed by atoms with E-state index in [2.05, 4.69) is 0 Å². The Morgan fingerprint density at radius 1 is 1.58 bits per heavy atom. The Balaban J connectivity index is 4.25. The lowest BCUT2D eigenvalue weighted by molar-refractivity contribution is -0.127. The standard InChI is InChI=1S/C9H19NO2/c1-7(11)6-10(5)9(3,4)8(2)12/h7,11H,6H2,1-5H3. The number of β-amino-alcohol motifs (C(OH)–C–C–N with tert-alkyl or cyclic N) is 1. The maximum absolute atomic E-state index is 11.2. The first-order valence-electron chi connectivity index (χ1n) is 4.18. The molecule has 0 saturated carbocycles. The Bertz CT molecular complexity index is 164. The van der Waals surface area contributed by atoms with E-state index in [0.29, 0.717) is 6.54 Å². The molecule has 0 aromatic heterocycles. The van der Waals surface area contributed by atoms with Crippen LogP contribution in [0, 0.1) is 0 Å². The van der Waals surface area contributed by atoms with Crippen LogP contribution >= 0.6 is 0 Å². The number of aliphatic hydroxyl groups is 1. The van der Waals surface area contributed by atoms with E-state index in [-0.39, 0.29) is 5.78 Å². The highest BCUT2D eigenvalue weighted by molar-refractivity contribution is 5.85. The second-order valence-corrected chi connectivity index (χ2v) is 3.84. The van der Waals surface area contributed by atoms with Crippen LogP contribution in [0.15, 0.2) is 0 Å². The van der Waals surface area contributed by atoms with Gasteiger partial charge in [0.25, 0.3) is 0 Å². The van der Waals surface area contributed by atoms with Crippen LogP contribution < -0.4 is 0 Å². The van der Waals surface area contributed by atoms with Gasteiger partial charge in [-0.2, -0.15) is 0 Å². The van der Waals surface area contributed by atoms with Crippen molar-refractivity contribution in [3.05, 3.63) is 0 Å². The number of likely N-dealkylation sites (N-methyl/N-ethyl adjacent to an activating group) is 1. The number of nitrogens with zero attached hydrogens (tertiary/aromatic N) is 1. The molecule has 12 heavy (non-hydrogen) atoms. The summed E-state index contributed by atoms with van der Waals surface area (Å²) in [5.74, 6) is 0.116. The zero-order chi connectivity index (χ0) is 9.94. The fourth-order valence-electron chi connectivity index (χ4n) is 0.893. The summed E-state index contributed by atoms with van der Waals surface area (Å²) in [4.78, 5) is 13.0. The maximum atomic E-state index is 11.2. The number of rotatable bonds is 4. The third kappa shape index (κ3) is 2.91. The summed E-state index contributed by atoms with van der Waals surface area (Å²) in [6.07, 6.45) is -0.395. The van der Waals surface area contributed by atoms with Crippen LogP contribution in [0.4, 0.5) is 0 Å². The van der Waals surface area contributed by atoms with E-state index >= 15 is 0 Å². The molecule has 0 fully saturated rings. The highest BCUT2D eigenvalue weighted by Gasteiger charge is 2.28. The third-order valence-electron chi connectivity index (χ3n) is 2.35. The molecule has 1 N–H and O–H groups in total. The second-order valence-electron chi connectivity index (χ2n) is 3.84. The second kappa shape index (κ2) is 4.01. The summed E-state index contributed by atoms with van der Waals surface area (Å²) >= 11 is 0. The molecule has 0 saturated heterocycles. The van der Waals surface area contributed by atoms with Gasteiger partial charge in [0.1, 0.15) is 5.78 Å². The van der Waals surface area contributed by atoms with Gasteiger partial charge in [0.15, 0.2) is 0 Å². The van der Waals surface area contributed by atoms with Crippen LogP contribution in [0.3, 0.4) is 0 Å². The van der Waals surface area contributed by atoms with Crippen molar-refractivity contribution in [2.75, 3.05) is 13.6 Å². The Morgan fingerprint density at radius 2 is 2.00 bits per heavy atom. The average Bonchev–Trinajstić information content (AvgIpc) is 1.85. The van der Waals surface area contributed by atoms with Crippen molar-refractivity contribution in [1.29, 1.82) is 0 Å². The highest BCUT2D eigenvalue weighted by atomic mass is 16.3. The lowest BCUT2D eigenvalue weighted by Gasteiger charge is -2.33. The van der Waals surface area contributed by atoms with Gasteiger partial charge in [-0.1, -0.05) is 0 Å². The van der Waals surface area contributed by atoms with Crippen molar-refractivity contribution in [3.8, 4) is 0 Å². The number of ketones is 1. The molecule has 0 aliphatic rings. The topological polar surface area (TPSA) is 40.5 Å². The predicted molar refractivity (Wildman–Crippen MR) is 49.1 cm³/mol. The summed E-state index contributed by atoms with van der Waals surface area (Å²) in [6, 6.07) is 0. The zero-order valence-electron chi connectivity index (χ0n) is 8.59. The molecule has 0 heterocycles. The van der Waals surface area contributed by atoms with E-state index in [1.165, 1.54) is 0 Å². The largest absolute Gasteiger partial charge is 0.392 e. The fraction of sp³-hybridized carbons (Fsp3) is 0.889. The van der Waals surface area contributed by atoms with E-state index in [1.54, 1.807) is 13.8 Å². The predicted octanol–water partition coefficient (Wildman–Crippen LogP) is 0.667. The van der Waals surface area contributed by atoms with Crippen LogP contribution in [0.5, 0.6) is 0 Å². The Morgan fingerprint density at radius 3 is 2.25 bits per heavy atom. The van der Waals surface area contributed by atoms with Gasteiger partial charge in [-0.05, 0) is 34.7 Å². The molecular formula is C9H19NO2. The van der Waals surface area contributed by atoms with E-state index < -0.39 is 11.6 Å². The summed E-state index contributed by atoms with van der Waals surface area (Å²) in [5.41, 5.74) is -0.475. The molecule has 0 spiro atoms. The number of carbonyl (C=O) groups excluding carboxylic acids is 1. The molecule has 0 aromatic rings. The van der Waals surface area contributed by atoms with E-state index in [0.717, 1.165) is 0 Å². The maximum Gasteiger partial charge on any atom is 0.149 e. The minimum atomic E-state index is -0.475. The van der Waals surface area contributed by atoms with Crippen LogP contribution in [-0.2, 0) is 4.79 Å². The first-order valence-corrected chi connectivity index (χ1v) is 4.18. The molecule has 1 unspecified atom stereocenters. The molecule has 0 amide bonds. The number of hydrogen-bond donors (Lipinski definition) is 1.